The van der Waals surface area contributed by atoms with Crippen molar-refractivity contribution in [2.45, 2.75) is 0 Å². The van der Waals surface area contributed by atoms with E-state index >= 15 is 0 Å². The average molecular weight is 118 g/mol. The lowest BCUT2D eigenvalue weighted by Gasteiger charge is -1.71. The summed E-state index contributed by atoms with van der Waals surface area (Å²) in [4.78, 5) is 28.7. The third-order valence-corrected chi connectivity index (χ3v) is 0.538. The first-order valence-electron chi connectivity index (χ1n) is 1.41. The minimum Gasteiger partial charge on any atom is -0.294 e. The third kappa shape index (κ3) is 2.11. The molecule has 0 aromatic carbocycles. The van der Waals surface area contributed by atoms with Crippen molar-refractivity contribution in [3.8, 4) is 0 Å². The van der Waals surface area contributed by atoms with Crippen LogP contribution in [0.1, 0.15) is 0 Å². The highest BCUT2D eigenvalue weighted by atomic mass is 32.1. The maximum absolute atomic E-state index is 9.72. The van der Waals surface area contributed by atoms with Crippen molar-refractivity contribution in [2.24, 2.45) is 0 Å². The minimum atomic E-state index is -1.11. The van der Waals surface area contributed by atoms with E-state index in [1.165, 1.54) is 0 Å². The molecule has 0 saturated carbocycles. The van der Waals surface area contributed by atoms with Crippen LogP contribution >= 0.6 is 12.6 Å². The molecule has 0 amide bonds. The van der Waals surface area contributed by atoms with Gasteiger partial charge < -0.3 is 0 Å². The molecule has 0 atom stereocenters. The van der Waals surface area contributed by atoms with Crippen LogP contribution in [0.2, 0.25) is 0 Å². The third-order valence-electron chi connectivity index (χ3n) is 0.318. The van der Waals surface area contributed by atoms with E-state index in [1.54, 1.807) is 0 Å². The van der Waals surface area contributed by atoms with Crippen LogP contribution in [0.5, 0.6) is 0 Å². The van der Waals surface area contributed by atoms with Crippen molar-refractivity contribution in [1.29, 1.82) is 0 Å². The Balaban J connectivity index is 3.81. The van der Waals surface area contributed by atoms with E-state index in [-0.39, 0.29) is 6.29 Å². The van der Waals surface area contributed by atoms with Crippen LogP contribution in [0.25, 0.3) is 0 Å². The molecule has 0 N–H and O–H groups in total. The molecule has 4 heteroatoms. The second-order valence-electron chi connectivity index (χ2n) is 0.787. The van der Waals surface area contributed by atoms with Crippen LogP contribution in [0.3, 0.4) is 0 Å². The molecule has 0 heterocycles. The van der Waals surface area contributed by atoms with Crippen LogP contribution in [-0.2, 0) is 14.4 Å². The van der Waals surface area contributed by atoms with Gasteiger partial charge in [-0.1, -0.05) is 12.6 Å². The first kappa shape index (κ1) is 6.36. The first-order chi connectivity index (χ1) is 3.18. The van der Waals surface area contributed by atoms with Crippen LogP contribution < -0.4 is 0 Å². The standard InChI is InChI=1S/C3H2O3S/c4-1-2(5)3(6)7/h1H,(H,6,7). The number of carbonyl (C=O) groups excluding carboxylic acids is 3. The largest absolute Gasteiger partial charge is 0.294 e. The van der Waals surface area contributed by atoms with Gasteiger partial charge in [0.25, 0.3) is 10.9 Å². The number of rotatable bonds is 2. The SMILES string of the molecule is O=CC(=O)C(=O)S. The van der Waals surface area contributed by atoms with Gasteiger partial charge >= 0.3 is 0 Å². The van der Waals surface area contributed by atoms with E-state index in [2.05, 4.69) is 12.6 Å². The molecule has 38 valence electrons. The molecule has 0 radical (unpaired) electrons. The van der Waals surface area contributed by atoms with Gasteiger partial charge in [-0.3, -0.25) is 14.4 Å². The smallest absolute Gasteiger partial charge is 0.271 e. The summed E-state index contributed by atoms with van der Waals surface area (Å²) in [6, 6.07) is 0. The number of hydrogen-bond acceptors (Lipinski definition) is 3. The van der Waals surface area contributed by atoms with E-state index in [0.29, 0.717) is 0 Å². The highest BCUT2D eigenvalue weighted by Gasteiger charge is 2.03. The fourth-order valence-electron chi connectivity index (χ4n) is 0.0504. The summed E-state index contributed by atoms with van der Waals surface area (Å²) in [5, 5.41) is -1.02. The van der Waals surface area contributed by atoms with Gasteiger partial charge in [-0.2, -0.15) is 0 Å². The Hall–Kier alpha value is -0.640. The Morgan fingerprint density at radius 2 is 1.86 bits per heavy atom. The molecule has 0 aliphatic rings. The number of ketones is 1. The fourth-order valence-corrected chi connectivity index (χ4v) is 0.103. The molecule has 0 aromatic heterocycles. The normalized spacial score (nSPS) is 7.57. The van der Waals surface area contributed by atoms with Gasteiger partial charge in [0.1, 0.15) is 0 Å². The Morgan fingerprint density at radius 3 is 1.86 bits per heavy atom. The summed E-state index contributed by atoms with van der Waals surface area (Å²) in [5.41, 5.74) is 0. The summed E-state index contributed by atoms with van der Waals surface area (Å²) in [6.45, 7) is 0. The zero-order valence-corrected chi connectivity index (χ0v) is 4.14. The Bertz CT molecular complexity index is 117. The molecular weight excluding hydrogens is 116 g/mol. The van der Waals surface area contributed by atoms with Crippen LogP contribution in [0.4, 0.5) is 0 Å². The predicted octanol–water partition coefficient (Wildman–Crippen LogP) is -0.789. The molecule has 0 aromatic rings. The first-order valence-corrected chi connectivity index (χ1v) is 1.85. The molecule has 0 aliphatic heterocycles. The maximum atomic E-state index is 9.72. The predicted molar refractivity (Wildman–Crippen MR) is 25.1 cm³/mol. The number of Topliss-reactive ketones (excluding diaryl/α,β-unsaturated/α-hetero) is 1. The Kier molecular flexibility index (Phi) is 2.29. The van der Waals surface area contributed by atoms with E-state index in [4.69, 9.17) is 0 Å². The van der Waals surface area contributed by atoms with Gasteiger partial charge in [-0.15, -0.1) is 0 Å². The van der Waals surface area contributed by atoms with Gasteiger partial charge in [-0.25, -0.2) is 0 Å². The highest BCUT2D eigenvalue weighted by Crippen LogP contribution is 1.74. The van der Waals surface area contributed by atoms with Crippen molar-refractivity contribution in [1.82, 2.24) is 0 Å². The number of aldehydes is 1. The van der Waals surface area contributed by atoms with Gasteiger partial charge in [0.15, 0.2) is 6.29 Å². The van der Waals surface area contributed by atoms with Gasteiger partial charge in [0, 0.05) is 0 Å². The summed E-state index contributed by atoms with van der Waals surface area (Å²) in [6.07, 6.45) is -0.0741. The van der Waals surface area contributed by atoms with Gasteiger partial charge in [-0.05, 0) is 0 Å². The topological polar surface area (TPSA) is 51.2 Å². The molecule has 0 rings (SSSR count). The van der Waals surface area contributed by atoms with Crippen LogP contribution in [-0.4, -0.2) is 17.2 Å². The Labute approximate surface area is 45.1 Å². The monoisotopic (exact) mass is 118 g/mol. The molecule has 3 nitrogen and oxygen atoms in total. The van der Waals surface area contributed by atoms with Crippen molar-refractivity contribution >= 4 is 29.8 Å². The second-order valence-corrected chi connectivity index (χ2v) is 1.19. The van der Waals surface area contributed by atoms with Crippen LogP contribution in [0.15, 0.2) is 0 Å². The molecule has 0 saturated heterocycles. The quantitative estimate of drug-likeness (QED) is 0.224. The van der Waals surface area contributed by atoms with Crippen molar-refractivity contribution in [3.05, 3.63) is 0 Å². The lowest BCUT2D eigenvalue weighted by atomic mass is 10.5. The second kappa shape index (κ2) is 2.52. The van der Waals surface area contributed by atoms with Crippen molar-refractivity contribution < 1.29 is 14.4 Å². The zero-order valence-electron chi connectivity index (χ0n) is 3.25. The summed E-state index contributed by atoms with van der Waals surface area (Å²) in [7, 11) is 0. The minimum absolute atomic E-state index is 0.0741. The van der Waals surface area contributed by atoms with Crippen molar-refractivity contribution in [3.63, 3.8) is 0 Å². The maximum Gasteiger partial charge on any atom is 0.271 e. The van der Waals surface area contributed by atoms with Gasteiger partial charge in [0.2, 0.25) is 0 Å². The molecule has 0 spiro atoms. The van der Waals surface area contributed by atoms with Crippen molar-refractivity contribution in [2.75, 3.05) is 0 Å². The van der Waals surface area contributed by atoms with E-state index in [9.17, 15) is 14.4 Å². The summed E-state index contributed by atoms with van der Waals surface area (Å²) >= 11 is 3.05. The molecule has 0 aliphatic carbocycles. The number of thiol groups is 1. The zero-order chi connectivity index (χ0) is 5.86. The fraction of sp³-hybridized carbons (Fsp3) is 0. The number of hydrogen-bond donors (Lipinski definition) is 1. The molecule has 0 bridgehead atoms. The molecule has 0 fully saturated rings. The molecule has 7 heavy (non-hydrogen) atoms. The van der Waals surface area contributed by atoms with E-state index in [0.717, 1.165) is 0 Å². The lowest BCUT2D eigenvalue weighted by Crippen LogP contribution is -2.06. The summed E-state index contributed by atoms with van der Waals surface area (Å²) < 4.78 is 0. The van der Waals surface area contributed by atoms with E-state index < -0.39 is 10.9 Å². The summed E-state index contributed by atoms with van der Waals surface area (Å²) in [5.74, 6) is -1.11. The Morgan fingerprint density at radius 1 is 1.43 bits per heavy atom. The molecular formula is C3H2O3S. The highest BCUT2D eigenvalue weighted by molar-refractivity contribution is 7.99. The van der Waals surface area contributed by atoms with Gasteiger partial charge in [0.05, 0.1) is 0 Å². The lowest BCUT2D eigenvalue weighted by molar-refractivity contribution is -0.136. The average Bonchev–Trinajstić information content (AvgIpc) is 1.65. The van der Waals surface area contributed by atoms with Crippen LogP contribution in [0, 0.1) is 0 Å². The van der Waals surface area contributed by atoms with E-state index in [1.807, 2.05) is 0 Å². The number of carbonyl (C=O) groups is 3. The molecule has 0 unspecified atom stereocenters.